The second kappa shape index (κ2) is 7.19. The molecule has 0 saturated carbocycles. The number of aromatic nitrogens is 1. The zero-order valence-electron chi connectivity index (χ0n) is 12.8. The maximum Gasteiger partial charge on any atom is 0.313 e. The van der Waals surface area contributed by atoms with Crippen LogP contribution in [0.2, 0.25) is 5.02 Å². The minimum atomic E-state index is -0.698. The van der Waals surface area contributed by atoms with Gasteiger partial charge < -0.3 is 15.6 Å². The lowest BCUT2D eigenvalue weighted by Crippen LogP contribution is -2.36. The van der Waals surface area contributed by atoms with Crippen molar-refractivity contribution in [2.75, 3.05) is 11.9 Å². The molecule has 2 amide bonds. The zero-order chi connectivity index (χ0) is 16.9. The third-order valence-electron chi connectivity index (χ3n) is 3.66. The van der Waals surface area contributed by atoms with Crippen molar-refractivity contribution in [3.05, 3.63) is 65.3 Å². The number of nitrogens with one attached hydrogen (secondary N) is 3. The van der Waals surface area contributed by atoms with E-state index in [1.54, 1.807) is 24.3 Å². The topological polar surface area (TPSA) is 74.0 Å². The molecule has 0 radical (unpaired) electrons. The highest BCUT2D eigenvalue weighted by molar-refractivity contribution is 6.39. The molecule has 3 aromatic rings. The number of H-pyrrole nitrogens is 1. The molecule has 5 nitrogen and oxygen atoms in total. The van der Waals surface area contributed by atoms with E-state index in [0.717, 1.165) is 16.5 Å². The number of anilines is 1. The Bertz CT molecular complexity index is 871. The molecule has 0 saturated heterocycles. The number of carbonyl (C=O) groups excluding carboxylic acids is 2. The third-order valence-corrected chi connectivity index (χ3v) is 3.92. The molecule has 2 aromatic carbocycles. The standard InChI is InChI=1S/C18H16ClN3O2/c19-13-5-7-14(8-6-13)22-18(24)17(23)20-10-9-12-11-21-16-4-2-1-3-15(12)16/h1-8,11,21H,9-10H2,(H,20,23)(H,22,24). The van der Waals surface area contributed by atoms with E-state index in [2.05, 4.69) is 15.6 Å². The maximum absolute atomic E-state index is 11.8. The molecule has 24 heavy (non-hydrogen) atoms. The van der Waals surface area contributed by atoms with Gasteiger partial charge in [0.05, 0.1) is 0 Å². The van der Waals surface area contributed by atoms with Crippen LogP contribution in [0.15, 0.2) is 54.7 Å². The molecule has 6 heteroatoms. The predicted molar refractivity (Wildman–Crippen MR) is 95.1 cm³/mol. The van der Waals surface area contributed by atoms with Crippen molar-refractivity contribution < 1.29 is 9.59 Å². The Labute approximate surface area is 144 Å². The number of benzene rings is 2. The Balaban J connectivity index is 1.51. The van der Waals surface area contributed by atoms with E-state index >= 15 is 0 Å². The Morgan fingerprint density at radius 1 is 1.00 bits per heavy atom. The van der Waals surface area contributed by atoms with E-state index in [-0.39, 0.29) is 0 Å². The molecule has 1 aromatic heterocycles. The van der Waals surface area contributed by atoms with Crippen LogP contribution >= 0.6 is 11.6 Å². The first-order valence-corrected chi connectivity index (χ1v) is 7.91. The van der Waals surface area contributed by atoms with E-state index in [0.29, 0.717) is 23.7 Å². The Morgan fingerprint density at radius 3 is 2.54 bits per heavy atom. The molecule has 0 bridgehead atoms. The number of para-hydroxylation sites is 1. The number of fused-ring (bicyclic) bond motifs is 1. The fraction of sp³-hybridized carbons (Fsp3) is 0.111. The minimum absolute atomic E-state index is 0.384. The number of hydrogen-bond acceptors (Lipinski definition) is 2. The van der Waals surface area contributed by atoms with Crippen LogP contribution in [0.25, 0.3) is 10.9 Å². The van der Waals surface area contributed by atoms with Crippen LogP contribution in [0.1, 0.15) is 5.56 Å². The number of hydrogen-bond donors (Lipinski definition) is 3. The van der Waals surface area contributed by atoms with Crippen LogP contribution in [0, 0.1) is 0 Å². The summed E-state index contributed by atoms with van der Waals surface area (Å²) in [6.45, 7) is 0.384. The van der Waals surface area contributed by atoms with Crippen LogP contribution in [0.3, 0.4) is 0 Å². The van der Waals surface area contributed by atoms with Crippen LogP contribution < -0.4 is 10.6 Å². The van der Waals surface area contributed by atoms with Gasteiger partial charge in [0, 0.05) is 34.4 Å². The molecule has 0 aliphatic heterocycles. The molecule has 0 aliphatic rings. The van der Waals surface area contributed by atoms with Crippen LogP contribution in [0.5, 0.6) is 0 Å². The number of amides is 2. The molecule has 0 unspecified atom stereocenters. The molecular weight excluding hydrogens is 326 g/mol. The fourth-order valence-electron chi connectivity index (χ4n) is 2.45. The van der Waals surface area contributed by atoms with Crippen molar-refractivity contribution in [2.24, 2.45) is 0 Å². The van der Waals surface area contributed by atoms with Crippen LogP contribution in [0.4, 0.5) is 5.69 Å². The average molecular weight is 342 g/mol. The normalized spacial score (nSPS) is 10.5. The van der Waals surface area contributed by atoms with E-state index in [1.807, 2.05) is 30.5 Å². The van der Waals surface area contributed by atoms with Gasteiger partial charge in [0.15, 0.2) is 0 Å². The quantitative estimate of drug-likeness (QED) is 0.638. The second-order valence-electron chi connectivity index (χ2n) is 5.33. The molecule has 3 N–H and O–H groups in total. The van der Waals surface area contributed by atoms with Gasteiger partial charge in [-0.3, -0.25) is 9.59 Å². The highest BCUT2D eigenvalue weighted by atomic mass is 35.5. The maximum atomic E-state index is 11.8. The summed E-state index contributed by atoms with van der Waals surface area (Å²) in [5.41, 5.74) is 2.68. The molecule has 0 spiro atoms. The first-order valence-electron chi connectivity index (χ1n) is 7.53. The van der Waals surface area contributed by atoms with E-state index in [9.17, 15) is 9.59 Å². The lowest BCUT2D eigenvalue weighted by atomic mass is 10.1. The summed E-state index contributed by atoms with van der Waals surface area (Å²) in [5.74, 6) is -1.36. The van der Waals surface area contributed by atoms with Crippen molar-refractivity contribution >= 4 is 40.0 Å². The van der Waals surface area contributed by atoms with Gasteiger partial charge >= 0.3 is 11.8 Å². The third kappa shape index (κ3) is 3.75. The predicted octanol–water partition coefficient (Wildman–Crippen LogP) is 3.12. The second-order valence-corrected chi connectivity index (χ2v) is 5.76. The molecular formula is C18H16ClN3O2. The van der Waals surface area contributed by atoms with Crippen molar-refractivity contribution in [1.29, 1.82) is 0 Å². The molecule has 0 fully saturated rings. The molecule has 3 rings (SSSR count). The van der Waals surface area contributed by atoms with Gasteiger partial charge in [-0.05, 0) is 42.3 Å². The summed E-state index contributed by atoms with van der Waals surface area (Å²) < 4.78 is 0. The zero-order valence-corrected chi connectivity index (χ0v) is 13.6. The lowest BCUT2D eigenvalue weighted by molar-refractivity contribution is -0.136. The molecule has 0 aliphatic carbocycles. The van der Waals surface area contributed by atoms with Gasteiger partial charge in [0.2, 0.25) is 0 Å². The van der Waals surface area contributed by atoms with E-state index < -0.39 is 11.8 Å². The van der Waals surface area contributed by atoms with E-state index in [4.69, 9.17) is 11.6 Å². The van der Waals surface area contributed by atoms with Crippen molar-refractivity contribution in [3.8, 4) is 0 Å². The van der Waals surface area contributed by atoms with Gasteiger partial charge in [-0.25, -0.2) is 0 Å². The number of rotatable bonds is 4. The smallest absolute Gasteiger partial charge is 0.313 e. The molecule has 1 heterocycles. The highest BCUT2D eigenvalue weighted by Gasteiger charge is 2.13. The monoisotopic (exact) mass is 341 g/mol. The summed E-state index contributed by atoms with van der Waals surface area (Å²) in [6, 6.07) is 14.5. The van der Waals surface area contributed by atoms with Gasteiger partial charge in [-0.1, -0.05) is 29.8 Å². The summed E-state index contributed by atoms with van der Waals surface area (Å²) in [4.78, 5) is 26.9. The van der Waals surface area contributed by atoms with Gasteiger partial charge in [0.25, 0.3) is 0 Å². The number of aromatic amines is 1. The largest absolute Gasteiger partial charge is 0.361 e. The van der Waals surface area contributed by atoms with E-state index in [1.165, 1.54) is 0 Å². The Morgan fingerprint density at radius 2 is 1.75 bits per heavy atom. The summed E-state index contributed by atoms with van der Waals surface area (Å²) >= 11 is 5.78. The molecule has 122 valence electrons. The number of carbonyl (C=O) groups is 2. The SMILES string of the molecule is O=C(NCCc1c[nH]c2ccccc12)C(=O)Nc1ccc(Cl)cc1. The first kappa shape index (κ1) is 16.1. The average Bonchev–Trinajstić information content (AvgIpc) is 3.00. The van der Waals surface area contributed by atoms with Crippen LogP contribution in [-0.2, 0) is 16.0 Å². The van der Waals surface area contributed by atoms with Crippen molar-refractivity contribution in [1.82, 2.24) is 10.3 Å². The summed E-state index contributed by atoms with van der Waals surface area (Å²) in [5, 5.41) is 6.84. The number of halogens is 1. The van der Waals surface area contributed by atoms with Crippen LogP contribution in [-0.4, -0.2) is 23.3 Å². The molecule has 0 atom stereocenters. The summed E-state index contributed by atoms with van der Waals surface area (Å²) in [6.07, 6.45) is 2.56. The fourth-order valence-corrected chi connectivity index (χ4v) is 2.58. The Kier molecular flexibility index (Phi) is 4.82. The minimum Gasteiger partial charge on any atom is -0.361 e. The van der Waals surface area contributed by atoms with Crippen molar-refractivity contribution in [3.63, 3.8) is 0 Å². The highest BCUT2D eigenvalue weighted by Crippen LogP contribution is 2.17. The Hall–Kier alpha value is -2.79. The summed E-state index contributed by atoms with van der Waals surface area (Å²) in [7, 11) is 0. The lowest BCUT2D eigenvalue weighted by Gasteiger charge is -2.06. The van der Waals surface area contributed by atoms with Gasteiger partial charge in [-0.15, -0.1) is 0 Å². The first-order chi connectivity index (χ1) is 11.6. The van der Waals surface area contributed by atoms with Crippen molar-refractivity contribution in [2.45, 2.75) is 6.42 Å². The van der Waals surface area contributed by atoms with Gasteiger partial charge in [-0.2, -0.15) is 0 Å². The van der Waals surface area contributed by atoms with Gasteiger partial charge in [0.1, 0.15) is 0 Å².